The fraction of sp³-hybridized carbons (Fsp3) is 0.185. The van der Waals surface area contributed by atoms with E-state index in [1.54, 1.807) is 24.3 Å². The number of rotatable bonds is 5. The van der Waals surface area contributed by atoms with Gasteiger partial charge >= 0.3 is 0 Å². The minimum atomic E-state index is -1.54. The number of para-hydroxylation sites is 1. The average Bonchev–Trinajstić information content (AvgIpc) is 3.28. The number of ether oxygens (including phenoxy) is 1. The van der Waals surface area contributed by atoms with Gasteiger partial charge < -0.3 is 21.9 Å². The van der Waals surface area contributed by atoms with Crippen LogP contribution in [-0.4, -0.2) is 30.9 Å². The largest absolute Gasteiger partial charge is 0.457 e. The van der Waals surface area contributed by atoms with Crippen LogP contribution >= 0.6 is 11.3 Å². The lowest BCUT2D eigenvalue weighted by molar-refractivity contribution is -0.124. The predicted molar refractivity (Wildman–Crippen MR) is 140 cm³/mol. The number of carbonyl (C=O) groups excluding carboxylic acids is 2. The maximum Gasteiger partial charge on any atom is 0.287 e. The van der Waals surface area contributed by atoms with Crippen LogP contribution in [0.25, 0.3) is 10.1 Å². The van der Waals surface area contributed by atoms with Gasteiger partial charge in [0, 0.05) is 23.7 Å². The Morgan fingerprint density at radius 2 is 1.75 bits per heavy atom. The molecule has 0 saturated carbocycles. The number of hydrogen-bond acceptors (Lipinski definition) is 8. The Morgan fingerprint density at radius 3 is 2.42 bits per heavy atom. The molecule has 0 aliphatic heterocycles. The predicted octanol–water partition coefficient (Wildman–Crippen LogP) is 4.00. The van der Waals surface area contributed by atoms with Crippen molar-refractivity contribution in [1.82, 2.24) is 5.06 Å². The average molecular weight is 503 g/mol. The van der Waals surface area contributed by atoms with E-state index in [9.17, 15) is 9.59 Å². The first-order valence-corrected chi connectivity index (χ1v) is 12.1. The van der Waals surface area contributed by atoms with Gasteiger partial charge in [-0.2, -0.15) is 0 Å². The van der Waals surface area contributed by atoms with Crippen LogP contribution in [0.5, 0.6) is 11.5 Å². The van der Waals surface area contributed by atoms with Gasteiger partial charge in [0.05, 0.1) is 17.9 Å². The fourth-order valence-electron chi connectivity index (χ4n) is 4.81. The van der Waals surface area contributed by atoms with Crippen LogP contribution < -0.4 is 21.9 Å². The summed E-state index contributed by atoms with van der Waals surface area (Å²) in [5.41, 5.74) is 21.1. The third kappa shape index (κ3) is 3.48. The highest BCUT2D eigenvalue weighted by Crippen LogP contribution is 2.50. The van der Waals surface area contributed by atoms with E-state index >= 15 is 0 Å². The van der Waals surface area contributed by atoms with Crippen LogP contribution in [0.3, 0.4) is 0 Å². The molecule has 184 valence electrons. The van der Waals surface area contributed by atoms with Crippen molar-refractivity contribution >= 4 is 38.8 Å². The summed E-state index contributed by atoms with van der Waals surface area (Å²) in [5.74, 6) is 0.496. The number of thiophene rings is 1. The Morgan fingerprint density at radius 1 is 1.06 bits per heavy atom. The van der Waals surface area contributed by atoms with Gasteiger partial charge in [0.2, 0.25) is 0 Å². The molecule has 0 radical (unpaired) electrons. The number of carbonyl (C=O) groups is 2. The number of benzene rings is 3. The van der Waals surface area contributed by atoms with Gasteiger partial charge in [-0.3, -0.25) is 14.4 Å². The molecule has 6 N–H and O–H groups in total. The van der Waals surface area contributed by atoms with Crippen LogP contribution in [-0.2, 0) is 15.2 Å². The summed E-state index contributed by atoms with van der Waals surface area (Å²) >= 11 is 1.19. The quantitative estimate of drug-likeness (QED) is 0.277. The van der Waals surface area contributed by atoms with E-state index in [1.807, 2.05) is 43.3 Å². The number of ketones is 1. The summed E-state index contributed by atoms with van der Waals surface area (Å²) in [7, 11) is 2.88. The molecule has 1 aliphatic rings. The van der Waals surface area contributed by atoms with Crippen molar-refractivity contribution in [2.45, 2.75) is 18.5 Å². The van der Waals surface area contributed by atoms with Gasteiger partial charge in [-0.25, -0.2) is 5.06 Å². The molecule has 4 aromatic rings. The second-order valence-electron chi connectivity index (χ2n) is 8.78. The Bertz CT molecular complexity index is 1520. The number of hydroxylamine groups is 2. The second-order valence-corrected chi connectivity index (χ2v) is 9.80. The van der Waals surface area contributed by atoms with Crippen LogP contribution in [0.15, 0.2) is 60.7 Å². The molecule has 0 saturated heterocycles. The summed E-state index contributed by atoms with van der Waals surface area (Å²) in [5, 5.41) is 1.74. The molecular weight excluding hydrogens is 476 g/mol. The number of Topliss-reactive ketones (excluding diaryl/α,β-unsaturated/α-hetero) is 1. The summed E-state index contributed by atoms with van der Waals surface area (Å²) in [6.45, 7) is 1.88. The Hall–Kier alpha value is -3.76. The van der Waals surface area contributed by atoms with Crippen molar-refractivity contribution in [3.63, 3.8) is 0 Å². The fourth-order valence-corrected chi connectivity index (χ4v) is 6.08. The van der Waals surface area contributed by atoms with E-state index in [1.165, 1.54) is 25.5 Å². The zero-order valence-electron chi connectivity index (χ0n) is 20.1. The van der Waals surface area contributed by atoms with E-state index in [-0.39, 0.29) is 0 Å². The molecular formula is C27H26N4O4S. The second kappa shape index (κ2) is 8.72. The standard InChI is InChI=1S/C27H26N4O4S/c1-14-13-16(35-15-7-5-4-6-8-15)9-10-17(14)27(30)18-11-12-19(28)23-20(18)21(22(29)25(27)32)24(36-23)26(33)31(2)34-3/h4-13,22H,28-30H2,1-3H3. The summed E-state index contributed by atoms with van der Waals surface area (Å²) < 4.78 is 6.62. The van der Waals surface area contributed by atoms with Crippen molar-refractivity contribution in [3.05, 3.63) is 87.8 Å². The lowest BCUT2D eigenvalue weighted by Gasteiger charge is -2.37. The maximum absolute atomic E-state index is 13.9. The number of hydrogen-bond donors (Lipinski definition) is 3. The molecule has 1 amide bonds. The highest BCUT2D eigenvalue weighted by molar-refractivity contribution is 7.21. The molecule has 1 heterocycles. The first kappa shape index (κ1) is 24.0. The summed E-state index contributed by atoms with van der Waals surface area (Å²) in [6, 6.07) is 17.2. The van der Waals surface area contributed by atoms with E-state index in [0.29, 0.717) is 48.8 Å². The Kier molecular flexibility index (Phi) is 5.80. The molecule has 0 spiro atoms. The molecule has 3 aromatic carbocycles. The van der Waals surface area contributed by atoms with Crippen LogP contribution in [0.4, 0.5) is 5.69 Å². The smallest absolute Gasteiger partial charge is 0.287 e. The van der Waals surface area contributed by atoms with Gasteiger partial charge in [0.1, 0.15) is 21.9 Å². The van der Waals surface area contributed by atoms with Crippen LogP contribution in [0.1, 0.15) is 38.0 Å². The minimum absolute atomic E-state index is 0.305. The van der Waals surface area contributed by atoms with Crippen molar-refractivity contribution in [3.8, 4) is 11.5 Å². The number of nitrogen functional groups attached to an aromatic ring is 1. The monoisotopic (exact) mass is 502 g/mol. The lowest BCUT2D eigenvalue weighted by Crippen LogP contribution is -2.53. The van der Waals surface area contributed by atoms with Crippen molar-refractivity contribution in [2.75, 3.05) is 19.9 Å². The number of amides is 1. The number of anilines is 1. The number of aryl methyl sites for hydroxylation is 1. The van der Waals surface area contributed by atoms with Gasteiger partial charge in [0.25, 0.3) is 5.91 Å². The highest BCUT2D eigenvalue weighted by atomic mass is 32.1. The third-order valence-corrected chi connectivity index (χ3v) is 7.91. The highest BCUT2D eigenvalue weighted by Gasteiger charge is 2.49. The van der Waals surface area contributed by atoms with Crippen molar-refractivity contribution in [2.24, 2.45) is 11.5 Å². The molecule has 36 heavy (non-hydrogen) atoms. The lowest BCUT2D eigenvalue weighted by atomic mass is 9.69. The Labute approximate surface area is 212 Å². The molecule has 0 fully saturated rings. The SMILES string of the molecule is CON(C)C(=O)c1sc2c(N)ccc3c2c1C(N)C(=O)C3(N)c1ccc(Oc2ccccc2)cc1C. The summed E-state index contributed by atoms with van der Waals surface area (Å²) in [6.07, 6.45) is 0. The molecule has 1 aliphatic carbocycles. The number of nitrogens with zero attached hydrogens (tertiary/aromatic N) is 1. The third-order valence-electron chi connectivity index (χ3n) is 6.67. The van der Waals surface area contributed by atoms with Gasteiger partial charge in [-0.05, 0) is 53.9 Å². The molecule has 8 nitrogen and oxygen atoms in total. The summed E-state index contributed by atoms with van der Waals surface area (Å²) in [4.78, 5) is 32.4. The van der Waals surface area contributed by atoms with Crippen LogP contribution in [0.2, 0.25) is 0 Å². The van der Waals surface area contributed by atoms with Gasteiger partial charge in [-0.15, -0.1) is 11.3 Å². The first-order chi connectivity index (χ1) is 17.2. The van der Waals surface area contributed by atoms with Crippen molar-refractivity contribution in [1.29, 1.82) is 0 Å². The molecule has 5 rings (SSSR count). The molecule has 2 unspecified atom stereocenters. The van der Waals surface area contributed by atoms with E-state index < -0.39 is 23.3 Å². The zero-order valence-corrected chi connectivity index (χ0v) is 20.9. The van der Waals surface area contributed by atoms with Gasteiger partial charge in [0.15, 0.2) is 5.78 Å². The van der Waals surface area contributed by atoms with Crippen LogP contribution in [0, 0.1) is 6.92 Å². The van der Waals surface area contributed by atoms with E-state index in [2.05, 4.69) is 0 Å². The topological polar surface area (TPSA) is 134 Å². The van der Waals surface area contributed by atoms with E-state index in [4.69, 9.17) is 26.8 Å². The minimum Gasteiger partial charge on any atom is -0.457 e. The van der Waals surface area contributed by atoms with E-state index in [0.717, 1.165) is 10.6 Å². The van der Waals surface area contributed by atoms with Gasteiger partial charge in [-0.1, -0.05) is 30.3 Å². The Balaban J connectivity index is 1.69. The maximum atomic E-state index is 13.9. The molecule has 9 heteroatoms. The first-order valence-electron chi connectivity index (χ1n) is 11.3. The molecule has 1 aromatic heterocycles. The zero-order chi connectivity index (χ0) is 25.8. The normalized spacial score (nSPS) is 18.9. The molecule has 2 atom stereocenters. The van der Waals surface area contributed by atoms with Crippen molar-refractivity contribution < 1.29 is 19.2 Å². The number of nitrogens with two attached hydrogens (primary N) is 3. The molecule has 0 bridgehead atoms.